The first-order valence-electron chi connectivity index (χ1n) is 7.33. The van der Waals surface area contributed by atoms with E-state index in [1.165, 1.54) is 6.07 Å². The normalized spacial score (nSPS) is 15.5. The molecule has 1 aromatic heterocycles. The van der Waals surface area contributed by atoms with Crippen molar-refractivity contribution in [2.75, 3.05) is 0 Å². The van der Waals surface area contributed by atoms with E-state index in [2.05, 4.69) is 0 Å². The van der Waals surface area contributed by atoms with E-state index in [-0.39, 0.29) is 18.5 Å². The molecule has 4 heteroatoms. The van der Waals surface area contributed by atoms with Crippen molar-refractivity contribution in [2.24, 2.45) is 5.92 Å². The molecule has 1 saturated carbocycles. The van der Waals surface area contributed by atoms with Crippen molar-refractivity contribution in [1.82, 2.24) is 0 Å². The Morgan fingerprint density at radius 1 is 1.29 bits per heavy atom. The van der Waals surface area contributed by atoms with Crippen LogP contribution in [0.1, 0.15) is 36.8 Å². The second-order valence-corrected chi connectivity index (χ2v) is 5.68. The van der Waals surface area contributed by atoms with Crippen molar-refractivity contribution in [1.29, 1.82) is 0 Å². The Morgan fingerprint density at radius 2 is 2.05 bits per heavy atom. The molecule has 3 rings (SSSR count). The van der Waals surface area contributed by atoms with E-state index in [0.29, 0.717) is 11.1 Å². The van der Waals surface area contributed by atoms with Crippen molar-refractivity contribution >= 4 is 16.9 Å². The zero-order valence-corrected chi connectivity index (χ0v) is 12.1. The lowest BCUT2D eigenvalue weighted by atomic mass is 10.1. The minimum absolute atomic E-state index is 0.0265. The summed E-state index contributed by atoms with van der Waals surface area (Å²) in [5.74, 6) is -0.125. The Hall–Kier alpha value is -2.10. The molecule has 0 unspecified atom stereocenters. The molecule has 0 atom stereocenters. The summed E-state index contributed by atoms with van der Waals surface area (Å²) in [7, 11) is 0. The molecule has 0 spiro atoms. The van der Waals surface area contributed by atoms with Gasteiger partial charge in [0.05, 0.1) is 5.92 Å². The van der Waals surface area contributed by atoms with Gasteiger partial charge in [-0.2, -0.15) is 0 Å². The van der Waals surface area contributed by atoms with Gasteiger partial charge in [-0.05, 0) is 31.4 Å². The van der Waals surface area contributed by atoms with E-state index in [4.69, 9.17) is 9.15 Å². The van der Waals surface area contributed by atoms with Crippen LogP contribution >= 0.6 is 0 Å². The van der Waals surface area contributed by atoms with Crippen molar-refractivity contribution < 1.29 is 13.9 Å². The Balaban J connectivity index is 1.83. The molecular weight excluding hydrogens is 268 g/mol. The van der Waals surface area contributed by atoms with E-state index in [1.54, 1.807) is 0 Å². The molecule has 1 aromatic carbocycles. The summed E-state index contributed by atoms with van der Waals surface area (Å²) in [4.78, 5) is 23.6. The number of hydrogen-bond acceptors (Lipinski definition) is 4. The molecule has 1 heterocycles. The van der Waals surface area contributed by atoms with E-state index in [0.717, 1.165) is 36.6 Å². The second-order valence-electron chi connectivity index (χ2n) is 5.68. The monoisotopic (exact) mass is 286 g/mol. The highest BCUT2D eigenvalue weighted by Crippen LogP contribution is 2.26. The molecule has 0 N–H and O–H groups in total. The Labute approximate surface area is 122 Å². The summed E-state index contributed by atoms with van der Waals surface area (Å²) in [6.45, 7) is 2.06. The van der Waals surface area contributed by atoms with Crippen molar-refractivity contribution in [3.63, 3.8) is 0 Å². The molecule has 1 fully saturated rings. The average molecular weight is 286 g/mol. The van der Waals surface area contributed by atoms with Crippen LogP contribution in [0.2, 0.25) is 0 Å². The maximum absolute atomic E-state index is 12.0. The van der Waals surface area contributed by atoms with Crippen LogP contribution in [-0.2, 0) is 16.1 Å². The number of benzene rings is 1. The lowest BCUT2D eigenvalue weighted by molar-refractivity contribution is -0.149. The SMILES string of the molecule is Cc1ccc2c(COC(=O)C3CCCC3)cc(=O)oc2c1. The van der Waals surface area contributed by atoms with Crippen LogP contribution in [-0.4, -0.2) is 5.97 Å². The molecule has 1 aliphatic rings. The third kappa shape index (κ3) is 2.99. The van der Waals surface area contributed by atoms with E-state index in [9.17, 15) is 9.59 Å². The van der Waals surface area contributed by atoms with Gasteiger partial charge < -0.3 is 9.15 Å². The van der Waals surface area contributed by atoms with Gasteiger partial charge in [0.2, 0.25) is 0 Å². The third-order valence-corrected chi connectivity index (χ3v) is 4.04. The zero-order valence-electron chi connectivity index (χ0n) is 12.1. The summed E-state index contributed by atoms with van der Waals surface area (Å²) < 4.78 is 10.6. The molecule has 21 heavy (non-hydrogen) atoms. The summed E-state index contributed by atoms with van der Waals surface area (Å²) in [6, 6.07) is 7.07. The van der Waals surface area contributed by atoms with E-state index in [1.807, 2.05) is 25.1 Å². The van der Waals surface area contributed by atoms with Crippen LogP contribution in [0.25, 0.3) is 11.0 Å². The van der Waals surface area contributed by atoms with Crippen LogP contribution in [0.5, 0.6) is 0 Å². The Kier molecular flexibility index (Phi) is 3.78. The third-order valence-electron chi connectivity index (χ3n) is 4.04. The summed E-state index contributed by atoms with van der Waals surface area (Å²) in [5, 5.41) is 0.819. The molecule has 110 valence electrons. The standard InChI is InChI=1S/C17H18O4/c1-11-6-7-14-13(9-16(18)21-15(14)8-11)10-20-17(19)12-4-2-3-5-12/h6-9,12H,2-5,10H2,1H3. The van der Waals surface area contributed by atoms with Gasteiger partial charge in [-0.3, -0.25) is 4.79 Å². The lowest BCUT2D eigenvalue weighted by Crippen LogP contribution is -2.15. The van der Waals surface area contributed by atoms with Crippen LogP contribution in [0.3, 0.4) is 0 Å². The molecule has 1 aliphatic carbocycles. The van der Waals surface area contributed by atoms with Crippen LogP contribution in [0.4, 0.5) is 0 Å². The second kappa shape index (κ2) is 5.72. The maximum atomic E-state index is 12.0. The number of carbonyl (C=O) groups excluding carboxylic acids is 1. The highest BCUT2D eigenvalue weighted by atomic mass is 16.5. The van der Waals surface area contributed by atoms with Gasteiger partial charge in [0.1, 0.15) is 12.2 Å². The lowest BCUT2D eigenvalue weighted by Gasteiger charge is -2.10. The van der Waals surface area contributed by atoms with Crippen molar-refractivity contribution in [3.8, 4) is 0 Å². The molecule has 4 nitrogen and oxygen atoms in total. The summed E-state index contributed by atoms with van der Waals surface area (Å²) >= 11 is 0. The van der Waals surface area contributed by atoms with Gasteiger partial charge in [0, 0.05) is 17.0 Å². The van der Waals surface area contributed by atoms with Gasteiger partial charge in [0.25, 0.3) is 0 Å². The summed E-state index contributed by atoms with van der Waals surface area (Å²) in [5.41, 5.74) is 1.84. The predicted molar refractivity (Wildman–Crippen MR) is 79.0 cm³/mol. The van der Waals surface area contributed by atoms with Gasteiger partial charge >= 0.3 is 11.6 Å². The van der Waals surface area contributed by atoms with E-state index < -0.39 is 5.63 Å². The fourth-order valence-electron chi connectivity index (χ4n) is 2.88. The number of hydrogen-bond donors (Lipinski definition) is 0. The molecule has 0 bridgehead atoms. The number of fused-ring (bicyclic) bond motifs is 1. The van der Waals surface area contributed by atoms with Gasteiger partial charge in [-0.1, -0.05) is 25.0 Å². The fourth-order valence-corrected chi connectivity index (χ4v) is 2.88. The Bertz CT molecular complexity index is 723. The molecule has 0 saturated heterocycles. The molecule has 0 amide bonds. The molecule has 0 aliphatic heterocycles. The minimum Gasteiger partial charge on any atom is -0.461 e. The van der Waals surface area contributed by atoms with Crippen LogP contribution in [0.15, 0.2) is 33.5 Å². The van der Waals surface area contributed by atoms with Crippen molar-refractivity contribution in [2.45, 2.75) is 39.2 Å². The van der Waals surface area contributed by atoms with Crippen LogP contribution in [0, 0.1) is 12.8 Å². The first-order chi connectivity index (χ1) is 10.1. The molecule has 2 aromatic rings. The largest absolute Gasteiger partial charge is 0.461 e. The Morgan fingerprint density at radius 3 is 2.81 bits per heavy atom. The highest BCUT2D eigenvalue weighted by Gasteiger charge is 2.24. The van der Waals surface area contributed by atoms with Crippen LogP contribution < -0.4 is 5.63 Å². The quantitative estimate of drug-likeness (QED) is 0.641. The number of esters is 1. The molecule has 0 radical (unpaired) electrons. The highest BCUT2D eigenvalue weighted by molar-refractivity contribution is 5.81. The number of rotatable bonds is 3. The van der Waals surface area contributed by atoms with Crippen molar-refractivity contribution in [3.05, 3.63) is 45.8 Å². The minimum atomic E-state index is -0.417. The number of ether oxygens (including phenoxy) is 1. The van der Waals surface area contributed by atoms with Gasteiger partial charge in [0.15, 0.2) is 0 Å². The number of aryl methyl sites for hydroxylation is 1. The number of carbonyl (C=O) groups is 1. The van der Waals surface area contributed by atoms with Gasteiger partial charge in [-0.25, -0.2) is 4.79 Å². The first-order valence-corrected chi connectivity index (χ1v) is 7.33. The first kappa shape index (κ1) is 13.9. The average Bonchev–Trinajstić information content (AvgIpc) is 2.97. The zero-order chi connectivity index (χ0) is 14.8. The predicted octanol–water partition coefficient (Wildman–Crippen LogP) is 3.33. The maximum Gasteiger partial charge on any atom is 0.336 e. The summed E-state index contributed by atoms with van der Waals surface area (Å²) in [6.07, 6.45) is 4.01. The fraction of sp³-hybridized carbons (Fsp3) is 0.412. The van der Waals surface area contributed by atoms with E-state index >= 15 is 0 Å². The smallest absolute Gasteiger partial charge is 0.336 e. The topological polar surface area (TPSA) is 56.5 Å². The molecular formula is C17H18O4. The van der Waals surface area contributed by atoms with Gasteiger partial charge in [-0.15, -0.1) is 0 Å².